The normalized spacial score (nSPS) is 11.4. The van der Waals surface area contributed by atoms with Gasteiger partial charge in [0, 0.05) is 23.6 Å². The van der Waals surface area contributed by atoms with Crippen LogP contribution >= 0.6 is 0 Å². The molecule has 0 aliphatic rings. The van der Waals surface area contributed by atoms with Crippen LogP contribution in [0.1, 0.15) is 11.3 Å². The predicted molar refractivity (Wildman–Crippen MR) is 85.7 cm³/mol. The number of hydrogen-bond acceptors (Lipinski definition) is 4. The van der Waals surface area contributed by atoms with Gasteiger partial charge < -0.3 is 10.8 Å². The van der Waals surface area contributed by atoms with Gasteiger partial charge in [-0.2, -0.15) is 0 Å². The minimum Gasteiger partial charge on any atom is -0.508 e. The second-order valence-corrected chi connectivity index (χ2v) is 5.48. The predicted octanol–water partition coefficient (Wildman–Crippen LogP) is 3.04. The summed E-state index contributed by atoms with van der Waals surface area (Å²) < 4.78 is 28.8. The number of anilines is 1. The molecule has 0 saturated carbocycles. The van der Waals surface area contributed by atoms with Crippen LogP contribution in [0.5, 0.6) is 5.75 Å². The third-order valence-electron chi connectivity index (χ3n) is 3.87. The van der Waals surface area contributed by atoms with Gasteiger partial charge in [0.15, 0.2) is 0 Å². The van der Waals surface area contributed by atoms with Crippen molar-refractivity contribution in [1.82, 2.24) is 14.4 Å². The van der Waals surface area contributed by atoms with Gasteiger partial charge >= 0.3 is 0 Å². The molecule has 0 aliphatic carbocycles. The summed E-state index contributed by atoms with van der Waals surface area (Å²) in [5, 5.41) is 10.4. The highest BCUT2D eigenvalue weighted by molar-refractivity contribution is 5.92. The largest absolute Gasteiger partial charge is 0.508 e. The molecule has 7 heteroatoms. The van der Waals surface area contributed by atoms with Crippen LogP contribution in [0.2, 0.25) is 0 Å². The fourth-order valence-electron chi connectivity index (χ4n) is 2.75. The summed E-state index contributed by atoms with van der Waals surface area (Å²) in [5.74, 6) is -0.838. The number of halogens is 2. The second kappa shape index (κ2) is 5.16. The molecule has 0 amide bonds. The molecule has 2 heterocycles. The summed E-state index contributed by atoms with van der Waals surface area (Å²) in [5.41, 5.74) is 7.46. The van der Waals surface area contributed by atoms with Gasteiger partial charge in [-0.1, -0.05) is 6.07 Å². The molecular weight excluding hydrogens is 314 g/mol. The maximum atomic E-state index is 13.9. The lowest BCUT2D eigenvalue weighted by molar-refractivity contribution is 0.466. The van der Waals surface area contributed by atoms with E-state index in [1.165, 1.54) is 24.3 Å². The van der Waals surface area contributed by atoms with Crippen LogP contribution in [-0.4, -0.2) is 19.5 Å². The molecule has 4 aromatic rings. The number of nitrogens with two attached hydrogens (primary N) is 1. The van der Waals surface area contributed by atoms with Crippen molar-refractivity contribution in [2.24, 2.45) is 0 Å². The van der Waals surface area contributed by atoms with Gasteiger partial charge in [0.05, 0.1) is 5.69 Å². The van der Waals surface area contributed by atoms with Crippen molar-refractivity contribution in [3.63, 3.8) is 0 Å². The zero-order valence-corrected chi connectivity index (χ0v) is 12.4. The van der Waals surface area contributed by atoms with E-state index in [4.69, 9.17) is 5.73 Å². The molecule has 4 rings (SSSR count). The van der Waals surface area contributed by atoms with E-state index < -0.39 is 11.6 Å². The Bertz CT molecular complexity index is 1090. The minimum atomic E-state index is -0.478. The number of nitrogens with zero attached hydrogens (tertiary/aromatic N) is 3. The summed E-state index contributed by atoms with van der Waals surface area (Å²) in [6, 6.07) is 8.30. The Morgan fingerprint density at radius 1 is 1.12 bits per heavy atom. The topological polar surface area (TPSA) is 76.4 Å². The molecule has 0 spiro atoms. The molecular formula is C17H12F2N4O. The average molecular weight is 326 g/mol. The van der Waals surface area contributed by atoms with Crippen LogP contribution in [-0.2, 0) is 6.42 Å². The number of rotatable bonds is 2. The highest BCUT2D eigenvalue weighted by Crippen LogP contribution is 2.25. The molecule has 0 saturated heterocycles. The lowest BCUT2D eigenvalue weighted by Gasteiger charge is -2.03. The lowest BCUT2D eigenvalue weighted by atomic mass is 10.1. The van der Waals surface area contributed by atoms with Crippen molar-refractivity contribution in [2.45, 2.75) is 6.42 Å². The Labute approximate surface area is 135 Å². The van der Waals surface area contributed by atoms with Gasteiger partial charge in [0.1, 0.15) is 28.5 Å². The van der Waals surface area contributed by atoms with Gasteiger partial charge in [0.25, 0.3) is 0 Å². The number of phenolic OH excluding ortho intramolecular Hbond substituents is 1. The SMILES string of the molecule is Nc1nc2c(F)cccc2c2nc(Cc3cc(F)ccc3O)cn12. The van der Waals surface area contributed by atoms with Crippen LogP contribution < -0.4 is 5.73 Å². The van der Waals surface area contributed by atoms with Crippen molar-refractivity contribution in [1.29, 1.82) is 0 Å². The van der Waals surface area contributed by atoms with Crippen molar-refractivity contribution < 1.29 is 13.9 Å². The molecule has 2 aromatic carbocycles. The Morgan fingerprint density at radius 2 is 1.96 bits per heavy atom. The number of phenols is 1. The molecule has 3 N–H and O–H groups in total. The average Bonchev–Trinajstić information content (AvgIpc) is 2.97. The van der Waals surface area contributed by atoms with E-state index in [0.29, 0.717) is 22.3 Å². The van der Waals surface area contributed by atoms with Gasteiger partial charge in [0.2, 0.25) is 5.95 Å². The first kappa shape index (κ1) is 14.4. The molecule has 120 valence electrons. The molecule has 0 radical (unpaired) electrons. The second-order valence-electron chi connectivity index (χ2n) is 5.48. The first-order valence-corrected chi connectivity index (χ1v) is 7.22. The number of hydrogen-bond donors (Lipinski definition) is 2. The van der Waals surface area contributed by atoms with Crippen molar-refractivity contribution in [3.05, 3.63) is 65.5 Å². The summed E-state index contributed by atoms with van der Waals surface area (Å²) >= 11 is 0. The van der Waals surface area contributed by atoms with E-state index in [1.807, 2.05) is 0 Å². The van der Waals surface area contributed by atoms with E-state index in [-0.39, 0.29) is 23.6 Å². The summed E-state index contributed by atoms with van der Waals surface area (Å²) in [6.45, 7) is 0. The molecule has 24 heavy (non-hydrogen) atoms. The fourth-order valence-corrected chi connectivity index (χ4v) is 2.75. The Hall–Kier alpha value is -3.22. The zero-order valence-electron chi connectivity index (χ0n) is 12.4. The number of imidazole rings is 1. The van der Waals surface area contributed by atoms with Crippen LogP contribution in [0, 0.1) is 11.6 Å². The number of para-hydroxylation sites is 1. The summed E-state index contributed by atoms with van der Waals surface area (Å²) in [7, 11) is 0. The molecule has 5 nitrogen and oxygen atoms in total. The highest BCUT2D eigenvalue weighted by atomic mass is 19.1. The van der Waals surface area contributed by atoms with E-state index >= 15 is 0 Å². The van der Waals surface area contributed by atoms with E-state index in [9.17, 15) is 13.9 Å². The van der Waals surface area contributed by atoms with Crippen molar-refractivity contribution in [2.75, 3.05) is 5.73 Å². The van der Waals surface area contributed by atoms with Crippen LogP contribution in [0.4, 0.5) is 14.7 Å². The maximum absolute atomic E-state index is 13.9. The first-order chi connectivity index (χ1) is 11.5. The molecule has 0 atom stereocenters. The number of fused-ring (bicyclic) bond motifs is 3. The number of nitrogen functional groups attached to an aromatic ring is 1. The van der Waals surface area contributed by atoms with Crippen molar-refractivity contribution >= 4 is 22.5 Å². The van der Waals surface area contributed by atoms with E-state index in [1.54, 1.807) is 22.7 Å². The van der Waals surface area contributed by atoms with Crippen LogP contribution in [0.3, 0.4) is 0 Å². The number of aromatic hydroxyl groups is 1. The molecule has 0 unspecified atom stereocenters. The molecule has 2 aromatic heterocycles. The molecule has 0 fully saturated rings. The lowest BCUT2D eigenvalue weighted by Crippen LogP contribution is -2.01. The first-order valence-electron chi connectivity index (χ1n) is 7.22. The standard InChI is InChI=1S/C17H12F2N4O/c18-10-4-5-14(24)9(6-10)7-11-8-23-16(21-11)12-2-1-3-13(19)15(12)22-17(23)20/h1-6,8,24H,7H2,(H2,20,22). The minimum absolute atomic E-state index is 0.0181. The summed E-state index contributed by atoms with van der Waals surface area (Å²) in [4.78, 5) is 8.52. The highest BCUT2D eigenvalue weighted by Gasteiger charge is 2.14. The third kappa shape index (κ3) is 2.21. The van der Waals surface area contributed by atoms with Gasteiger partial charge in [-0.05, 0) is 30.3 Å². The van der Waals surface area contributed by atoms with Crippen LogP contribution in [0.15, 0.2) is 42.6 Å². The van der Waals surface area contributed by atoms with Gasteiger partial charge in [-0.15, -0.1) is 0 Å². The molecule has 0 aliphatic heterocycles. The Morgan fingerprint density at radius 3 is 2.79 bits per heavy atom. The van der Waals surface area contributed by atoms with E-state index in [2.05, 4.69) is 9.97 Å². The Balaban J connectivity index is 1.89. The smallest absolute Gasteiger partial charge is 0.206 e. The third-order valence-corrected chi connectivity index (χ3v) is 3.87. The Kier molecular flexibility index (Phi) is 3.09. The quantitative estimate of drug-likeness (QED) is 0.593. The maximum Gasteiger partial charge on any atom is 0.206 e. The number of aromatic nitrogens is 3. The number of benzene rings is 2. The monoisotopic (exact) mass is 326 g/mol. The van der Waals surface area contributed by atoms with Gasteiger partial charge in [-0.25, -0.2) is 18.7 Å². The van der Waals surface area contributed by atoms with Gasteiger partial charge in [-0.3, -0.25) is 4.40 Å². The van der Waals surface area contributed by atoms with Crippen LogP contribution in [0.25, 0.3) is 16.6 Å². The molecule has 0 bridgehead atoms. The summed E-state index contributed by atoms with van der Waals surface area (Å²) in [6.07, 6.45) is 1.86. The zero-order chi connectivity index (χ0) is 16.8. The van der Waals surface area contributed by atoms with E-state index in [0.717, 1.165) is 0 Å². The fraction of sp³-hybridized carbons (Fsp3) is 0.0588. The van der Waals surface area contributed by atoms with Crippen molar-refractivity contribution in [3.8, 4) is 5.75 Å².